The summed E-state index contributed by atoms with van der Waals surface area (Å²) in [6, 6.07) is 14.7. The smallest absolute Gasteiger partial charge is 0.228 e. The van der Waals surface area contributed by atoms with E-state index in [-0.39, 0.29) is 29.7 Å². The van der Waals surface area contributed by atoms with Gasteiger partial charge in [-0.3, -0.25) is 9.59 Å². The normalized spacial score (nSPS) is 19.3. The van der Waals surface area contributed by atoms with Crippen LogP contribution in [0.3, 0.4) is 0 Å². The molecule has 3 rings (SSSR count). The van der Waals surface area contributed by atoms with Crippen molar-refractivity contribution in [2.75, 3.05) is 12.4 Å². The van der Waals surface area contributed by atoms with E-state index in [4.69, 9.17) is 16.3 Å². The van der Waals surface area contributed by atoms with Gasteiger partial charge in [0, 0.05) is 5.69 Å². The quantitative estimate of drug-likeness (QED) is 0.810. The third-order valence-electron chi connectivity index (χ3n) is 4.54. The minimum atomic E-state index is -0.307. The number of hydrogen-bond acceptors (Lipinski definition) is 3. The maximum Gasteiger partial charge on any atom is 0.228 e. The van der Waals surface area contributed by atoms with Crippen molar-refractivity contribution in [1.29, 1.82) is 0 Å². The number of rotatable bonds is 6. The van der Waals surface area contributed by atoms with Gasteiger partial charge in [0.15, 0.2) is 0 Å². The van der Waals surface area contributed by atoms with Crippen molar-refractivity contribution < 1.29 is 14.3 Å². The number of carbonyl (C=O) groups is 2. The SMILES string of the molecule is COc1ccc(NC(=O)C2CC2C(=O)NC(C)c2ccccc2)cc1Cl. The van der Waals surface area contributed by atoms with Gasteiger partial charge in [0.2, 0.25) is 11.8 Å². The molecule has 0 radical (unpaired) electrons. The fourth-order valence-corrected chi connectivity index (χ4v) is 3.16. The van der Waals surface area contributed by atoms with Crippen LogP contribution < -0.4 is 15.4 Å². The molecule has 3 unspecified atom stereocenters. The van der Waals surface area contributed by atoms with Crippen molar-refractivity contribution in [2.45, 2.75) is 19.4 Å². The van der Waals surface area contributed by atoms with Gasteiger partial charge >= 0.3 is 0 Å². The predicted molar refractivity (Wildman–Crippen MR) is 101 cm³/mol. The molecule has 0 bridgehead atoms. The highest BCUT2D eigenvalue weighted by Crippen LogP contribution is 2.40. The average molecular weight is 373 g/mol. The van der Waals surface area contributed by atoms with Gasteiger partial charge in [-0.2, -0.15) is 0 Å². The van der Waals surface area contributed by atoms with Crippen LogP contribution in [0.25, 0.3) is 0 Å². The number of carbonyl (C=O) groups excluding carboxylic acids is 2. The standard InChI is InChI=1S/C20H21ClN2O3/c1-12(13-6-4-3-5-7-13)22-19(24)15-11-16(15)20(25)23-14-8-9-18(26-2)17(21)10-14/h3-10,12,15-16H,11H2,1-2H3,(H,22,24)(H,23,25). The molecular formula is C20H21ClN2O3. The molecule has 5 nitrogen and oxygen atoms in total. The van der Waals surface area contributed by atoms with Crippen molar-refractivity contribution in [3.63, 3.8) is 0 Å². The van der Waals surface area contributed by atoms with Gasteiger partial charge in [0.05, 0.1) is 30.0 Å². The van der Waals surface area contributed by atoms with Crippen LogP contribution in [0.5, 0.6) is 5.75 Å². The van der Waals surface area contributed by atoms with E-state index in [1.165, 1.54) is 7.11 Å². The molecular weight excluding hydrogens is 352 g/mol. The van der Waals surface area contributed by atoms with Crippen molar-refractivity contribution in [1.82, 2.24) is 5.32 Å². The molecule has 1 saturated carbocycles. The summed E-state index contributed by atoms with van der Waals surface area (Å²) in [5.41, 5.74) is 1.62. The molecule has 26 heavy (non-hydrogen) atoms. The second-order valence-corrected chi connectivity index (χ2v) is 6.84. The molecule has 2 N–H and O–H groups in total. The van der Waals surface area contributed by atoms with Crippen LogP contribution in [0.2, 0.25) is 5.02 Å². The summed E-state index contributed by atoms with van der Waals surface area (Å²) < 4.78 is 5.09. The summed E-state index contributed by atoms with van der Waals surface area (Å²) in [5, 5.41) is 6.20. The van der Waals surface area contributed by atoms with Crippen LogP contribution in [-0.2, 0) is 9.59 Å². The molecule has 1 aliphatic rings. The molecule has 1 aliphatic carbocycles. The molecule has 0 spiro atoms. The Labute approximate surface area is 157 Å². The lowest BCUT2D eigenvalue weighted by Crippen LogP contribution is -2.29. The van der Waals surface area contributed by atoms with Gasteiger partial charge in [-0.15, -0.1) is 0 Å². The number of amides is 2. The number of anilines is 1. The Balaban J connectivity index is 1.53. The zero-order valence-electron chi connectivity index (χ0n) is 14.7. The Hall–Kier alpha value is -2.53. The predicted octanol–water partition coefficient (Wildman–Crippen LogP) is 3.80. The van der Waals surface area contributed by atoms with Gasteiger partial charge in [-0.1, -0.05) is 41.9 Å². The lowest BCUT2D eigenvalue weighted by molar-refractivity contribution is -0.125. The third kappa shape index (κ3) is 4.17. The Morgan fingerprint density at radius 2 is 1.81 bits per heavy atom. The average Bonchev–Trinajstić information content (AvgIpc) is 3.43. The monoisotopic (exact) mass is 372 g/mol. The van der Waals surface area contributed by atoms with E-state index in [0.717, 1.165) is 5.56 Å². The van der Waals surface area contributed by atoms with Crippen molar-refractivity contribution in [3.8, 4) is 5.75 Å². The zero-order chi connectivity index (χ0) is 18.7. The van der Waals surface area contributed by atoms with Crippen LogP contribution in [0, 0.1) is 11.8 Å². The molecule has 1 fully saturated rings. The number of nitrogens with one attached hydrogen (secondary N) is 2. The van der Waals surface area contributed by atoms with Gasteiger partial charge < -0.3 is 15.4 Å². The Kier molecular flexibility index (Phi) is 5.47. The van der Waals surface area contributed by atoms with Gasteiger partial charge in [-0.05, 0) is 37.1 Å². The summed E-state index contributed by atoms with van der Waals surface area (Å²) in [5.74, 6) is -0.301. The highest BCUT2D eigenvalue weighted by Gasteiger charge is 2.48. The van der Waals surface area contributed by atoms with E-state index in [9.17, 15) is 9.59 Å². The van der Waals surface area contributed by atoms with E-state index in [1.54, 1.807) is 18.2 Å². The first-order valence-electron chi connectivity index (χ1n) is 8.49. The number of hydrogen-bond donors (Lipinski definition) is 2. The summed E-state index contributed by atoms with van der Waals surface area (Å²) in [4.78, 5) is 24.7. The van der Waals surface area contributed by atoms with Crippen LogP contribution in [-0.4, -0.2) is 18.9 Å². The maximum atomic E-state index is 12.4. The molecule has 0 saturated heterocycles. The molecule has 3 atom stereocenters. The summed E-state index contributed by atoms with van der Waals surface area (Å²) >= 11 is 6.06. The van der Waals surface area contributed by atoms with Crippen LogP contribution in [0.1, 0.15) is 24.9 Å². The van der Waals surface area contributed by atoms with Crippen LogP contribution in [0.15, 0.2) is 48.5 Å². The van der Waals surface area contributed by atoms with Gasteiger partial charge in [-0.25, -0.2) is 0 Å². The topological polar surface area (TPSA) is 67.4 Å². The molecule has 2 aromatic carbocycles. The lowest BCUT2D eigenvalue weighted by Gasteiger charge is -2.14. The number of ether oxygens (including phenoxy) is 1. The second-order valence-electron chi connectivity index (χ2n) is 6.43. The maximum absolute atomic E-state index is 12.4. The van der Waals surface area contributed by atoms with Crippen LogP contribution >= 0.6 is 11.6 Å². The summed E-state index contributed by atoms with van der Waals surface area (Å²) in [6.45, 7) is 1.93. The highest BCUT2D eigenvalue weighted by molar-refractivity contribution is 6.32. The minimum absolute atomic E-state index is 0.0886. The number of halogens is 1. The van der Waals surface area contributed by atoms with E-state index in [2.05, 4.69) is 10.6 Å². The van der Waals surface area contributed by atoms with Crippen molar-refractivity contribution in [2.24, 2.45) is 11.8 Å². The Morgan fingerprint density at radius 3 is 2.46 bits per heavy atom. The van der Waals surface area contributed by atoms with E-state index in [0.29, 0.717) is 22.9 Å². The summed E-state index contributed by atoms with van der Waals surface area (Å²) in [6.07, 6.45) is 0.559. The molecule has 136 valence electrons. The number of benzene rings is 2. The van der Waals surface area contributed by atoms with Crippen molar-refractivity contribution in [3.05, 3.63) is 59.1 Å². The fraction of sp³-hybridized carbons (Fsp3) is 0.300. The minimum Gasteiger partial charge on any atom is -0.495 e. The van der Waals surface area contributed by atoms with E-state index < -0.39 is 0 Å². The van der Waals surface area contributed by atoms with E-state index >= 15 is 0 Å². The first-order valence-corrected chi connectivity index (χ1v) is 8.87. The molecule has 2 aromatic rings. The lowest BCUT2D eigenvalue weighted by atomic mass is 10.1. The molecule has 2 amide bonds. The summed E-state index contributed by atoms with van der Waals surface area (Å²) in [7, 11) is 1.53. The van der Waals surface area contributed by atoms with E-state index in [1.807, 2.05) is 37.3 Å². The highest BCUT2D eigenvalue weighted by atomic mass is 35.5. The van der Waals surface area contributed by atoms with Crippen LogP contribution in [0.4, 0.5) is 5.69 Å². The van der Waals surface area contributed by atoms with Gasteiger partial charge in [0.25, 0.3) is 0 Å². The zero-order valence-corrected chi connectivity index (χ0v) is 15.4. The first-order chi connectivity index (χ1) is 12.5. The second kappa shape index (κ2) is 7.79. The molecule has 0 aromatic heterocycles. The first kappa shape index (κ1) is 18.3. The Morgan fingerprint density at radius 1 is 1.12 bits per heavy atom. The third-order valence-corrected chi connectivity index (χ3v) is 4.84. The number of methoxy groups -OCH3 is 1. The fourth-order valence-electron chi connectivity index (χ4n) is 2.90. The molecule has 0 heterocycles. The Bertz CT molecular complexity index is 810. The molecule has 0 aliphatic heterocycles. The molecule has 6 heteroatoms. The van der Waals surface area contributed by atoms with Gasteiger partial charge in [0.1, 0.15) is 5.75 Å². The van der Waals surface area contributed by atoms with Crippen molar-refractivity contribution >= 4 is 29.1 Å². The largest absolute Gasteiger partial charge is 0.495 e.